The minimum Gasteiger partial charge on any atom is -0.481 e. The van der Waals surface area contributed by atoms with Gasteiger partial charge in [-0.25, -0.2) is 0 Å². The predicted molar refractivity (Wildman–Crippen MR) is 271 cm³/mol. The fraction of sp³-hybridized carbons (Fsp3) is 0.129. The molecule has 2 heterocycles. The normalized spacial score (nSPS) is 14.0. The van der Waals surface area contributed by atoms with Gasteiger partial charge >= 0.3 is 0 Å². The van der Waals surface area contributed by atoms with Crippen LogP contribution < -0.4 is 9.47 Å². The summed E-state index contributed by atoms with van der Waals surface area (Å²) in [7, 11) is 0. The maximum Gasteiger partial charge on any atom is 0.148 e. The SMILES string of the molecule is C#CCOc1ccc2c(c1)c1c(-c3ccc4c(c3)C(CC#C)c3ccccc3-4)c3c(c(-c4ccc5c(c4)C(CC#C)c4ccccc4-5)c1n2CC#C)c1cc(OCC#C)ccc1n3CC#C. The van der Waals surface area contributed by atoms with E-state index in [9.17, 15) is 0 Å². The molecule has 2 aromatic heterocycles. The van der Waals surface area contributed by atoms with Crippen molar-refractivity contribution in [3.05, 3.63) is 144 Å². The summed E-state index contributed by atoms with van der Waals surface area (Å²) in [5.74, 6) is 18.6. The van der Waals surface area contributed by atoms with Crippen molar-refractivity contribution in [3.63, 3.8) is 0 Å². The van der Waals surface area contributed by atoms with Crippen LogP contribution in [0.5, 0.6) is 11.5 Å². The highest BCUT2D eigenvalue weighted by atomic mass is 16.5. The van der Waals surface area contributed by atoms with Gasteiger partial charge in [-0.2, -0.15) is 0 Å². The van der Waals surface area contributed by atoms with Gasteiger partial charge in [0.2, 0.25) is 0 Å². The lowest BCUT2D eigenvalue weighted by Crippen LogP contribution is -2.01. The first kappa shape index (κ1) is 39.9. The molecule has 310 valence electrons. The van der Waals surface area contributed by atoms with Crippen LogP contribution in [-0.2, 0) is 13.1 Å². The Kier molecular flexibility index (Phi) is 9.69. The molecule has 0 fully saturated rings. The van der Waals surface area contributed by atoms with Gasteiger partial charge in [0.1, 0.15) is 24.7 Å². The van der Waals surface area contributed by atoms with Crippen molar-refractivity contribution in [3.8, 4) is 130 Å². The van der Waals surface area contributed by atoms with Crippen LogP contribution in [0.15, 0.2) is 121 Å². The van der Waals surface area contributed by atoms with E-state index >= 15 is 0 Å². The molecule has 7 aromatic carbocycles. The van der Waals surface area contributed by atoms with Crippen molar-refractivity contribution in [1.29, 1.82) is 0 Å². The number of aromatic nitrogens is 2. The van der Waals surface area contributed by atoms with Gasteiger partial charge in [0, 0.05) is 57.3 Å². The van der Waals surface area contributed by atoms with E-state index in [2.05, 4.69) is 154 Å². The molecule has 0 spiro atoms. The minimum absolute atomic E-state index is 0.0249. The van der Waals surface area contributed by atoms with E-state index in [1.807, 2.05) is 12.1 Å². The average Bonchev–Trinajstić information content (AvgIpc) is 4.05. The lowest BCUT2D eigenvalue weighted by molar-refractivity contribution is 0.371. The number of ether oxygens (including phenoxy) is 2. The minimum atomic E-state index is 0.0249. The third-order valence-electron chi connectivity index (χ3n) is 13.5. The quantitative estimate of drug-likeness (QED) is 0.128. The number of fused-ring (bicyclic) bond motifs is 12. The van der Waals surface area contributed by atoms with E-state index in [0.717, 1.165) is 65.9 Å². The molecule has 4 nitrogen and oxygen atoms in total. The van der Waals surface area contributed by atoms with Crippen LogP contribution in [0, 0.1) is 74.1 Å². The van der Waals surface area contributed by atoms with Gasteiger partial charge in [-0.3, -0.25) is 0 Å². The summed E-state index contributed by atoms with van der Waals surface area (Å²) in [5, 5.41) is 3.94. The fourth-order valence-electron chi connectivity index (χ4n) is 11.0. The van der Waals surface area contributed by atoms with Crippen LogP contribution in [-0.4, -0.2) is 22.3 Å². The lowest BCUT2D eigenvalue weighted by atomic mass is 9.86. The Morgan fingerprint density at radius 3 is 1.26 bits per heavy atom. The number of rotatable bonds is 10. The Labute approximate surface area is 385 Å². The van der Waals surface area contributed by atoms with E-state index in [1.165, 1.54) is 44.5 Å². The van der Waals surface area contributed by atoms with Crippen molar-refractivity contribution in [2.45, 2.75) is 37.8 Å². The predicted octanol–water partition coefficient (Wildman–Crippen LogP) is 12.8. The lowest BCUT2D eigenvalue weighted by Gasteiger charge is -2.19. The number of nitrogens with zero attached hydrogens (tertiary/aromatic N) is 2. The van der Waals surface area contributed by atoms with E-state index in [-0.39, 0.29) is 25.0 Å². The molecular formula is C62H40N2O2. The van der Waals surface area contributed by atoms with Crippen molar-refractivity contribution in [2.24, 2.45) is 0 Å². The van der Waals surface area contributed by atoms with Crippen molar-refractivity contribution in [1.82, 2.24) is 9.13 Å². The highest BCUT2D eigenvalue weighted by Gasteiger charge is 2.33. The summed E-state index contributed by atoms with van der Waals surface area (Å²) in [6.45, 7) is 0.828. The summed E-state index contributed by atoms with van der Waals surface area (Å²) < 4.78 is 16.8. The largest absolute Gasteiger partial charge is 0.481 e. The second-order valence-corrected chi connectivity index (χ2v) is 16.8. The van der Waals surface area contributed by atoms with Crippen molar-refractivity contribution >= 4 is 43.6 Å². The Morgan fingerprint density at radius 2 is 0.848 bits per heavy atom. The molecule has 0 saturated carbocycles. The van der Waals surface area contributed by atoms with Crippen LogP contribution in [0.3, 0.4) is 0 Å². The first-order valence-corrected chi connectivity index (χ1v) is 21.9. The Morgan fingerprint density at radius 1 is 0.424 bits per heavy atom. The standard InChI is InChI=1S/C62H40N2O2/c1-7-17-43-45-19-13-15-21-47(45)49-27-23-39(35-51(43)49)57-59-53-37-41(65-33-11-5)25-29-55(53)64(32-10-4)62(59)58(40-24-28-50-48-22-16-14-20-46(48)44(18-8-2)52(50)36-40)60-54-38-42(66-34-12-6)26-30-56(54)63(31-9-3)61(57)60/h1-6,13-16,19-30,35-38,43-44H,17-18,31-34H2. The maximum atomic E-state index is 6.36. The monoisotopic (exact) mass is 844 g/mol. The van der Waals surface area contributed by atoms with E-state index in [0.29, 0.717) is 37.4 Å². The van der Waals surface area contributed by atoms with E-state index in [1.54, 1.807) is 0 Å². The molecule has 2 aliphatic carbocycles. The summed E-state index contributed by atoms with van der Waals surface area (Å²) in [4.78, 5) is 0. The Hall–Kier alpha value is -8.90. The molecule has 2 aliphatic rings. The topological polar surface area (TPSA) is 28.3 Å². The molecule has 9 aromatic rings. The zero-order valence-electron chi connectivity index (χ0n) is 36.1. The molecule has 66 heavy (non-hydrogen) atoms. The first-order chi connectivity index (χ1) is 32.5. The molecular weight excluding hydrogens is 805 g/mol. The average molecular weight is 845 g/mol. The molecule has 4 heteroatoms. The highest BCUT2D eigenvalue weighted by Crippen LogP contribution is 2.55. The highest BCUT2D eigenvalue weighted by molar-refractivity contribution is 6.32. The Bertz CT molecular complexity index is 3560. The number of hydrogen-bond acceptors (Lipinski definition) is 2. The third kappa shape index (κ3) is 5.92. The third-order valence-corrected chi connectivity index (χ3v) is 13.5. The maximum absolute atomic E-state index is 6.36. The molecule has 0 amide bonds. The van der Waals surface area contributed by atoms with Crippen LogP contribution in [0.2, 0.25) is 0 Å². The van der Waals surface area contributed by atoms with E-state index in [4.69, 9.17) is 48.0 Å². The Balaban J connectivity index is 1.36. The smallest absolute Gasteiger partial charge is 0.148 e. The van der Waals surface area contributed by atoms with Gasteiger partial charge in [0.25, 0.3) is 0 Å². The van der Waals surface area contributed by atoms with Gasteiger partial charge in [-0.05, 0) is 104 Å². The van der Waals surface area contributed by atoms with Crippen LogP contribution in [0.1, 0.15) is 46.9 Å². The van der Waals surface area contributed by atoms with Crippen LogP contribution >= 0.6 is 0 Å². The van der Waals surface area contributed by atoms with Gasteiger partial charge in [-0.1, -0.05) is 96.5 Å². The number of benzene rings is 7. The fourth-order valence-corrected chi connectivity index (χ4v) is 11.0. The molecule has 2 atom stereocenters. The molecule has 0 radical (unpaired) electrons. The number of hydrogen-bond donors (Lipinski definition) is 0. The first-order valence-electron chi connectivity index (χ1n) is 21.9. The molecule has 0 saturated heterocycles. The summed E-state index contributed by atoms with van der Waals surface area (Å²) in [6, 6.07) is 43.0. The van der Waals surface area contributed by atoms with Gasteiger partial charge in [0.05, 0.1) is 35.2 Å². The molecule has 0 bridgehead atoms. The molecule has 2 unspecified atom stereocenters. The second-order valence-electron chi connectivity index (χ2n) is 16.8. The summed E-state index contributed by atoms with van der Waals surface area (Å²) in [5.41, 5.74) is 17.5. The second kappa shape index (κ2) is 16.0. The van der Waals surface area contributed by atoms with Gasteiger partial charge in [-0.15, -0.1) is 50.4 Å². The molecule has 0 N–H and O–H groups in total. The summed E-state index contributed by atoms with van der Waals surface area (Å²) in [6.07, 6.45) is 37.5. The van der Waals surface area contributed by atoms with Crippen LogP contribution in [0.4, 0.5) is 0 Å². The van der Waals surface area contributed by atoms with E-state index < -0.39 is 0 Å². The van der Waals surface area contributed by atoms with Gasteiger partial charge < -0.3 is 18.6 Å². The zero-order chi connectivity index (χ0) is 45.1. The zero-order valence-corrected chi connectivity index (χ0v) is 36.1. The van der Waals surface area contributed by atoms with Crippen molar-refractivity contribution < 1.29 is 9.47 Å². The summed E-state index contributed by atoms with van der Waals surface area (Å²) >= 11 is 0. The molecule has 11 rings (SSSR count). The molecule has 0 aliphatic heterocycles. The number of terminal acetylenes is 6. The van der Waals surface area contributed by atoms with Crippen molar-refractivity contribution in [2.75, 3.05) is 13.2 Å². The van der Waals surface area contributed by atoms with Gasteiger partial charge in [0.15, 0.2) is 0 Å². The van der Waals surface area contributed by atoms with Crippen LogP contribution in [0.25, 0.3) is 88.1 Å².